The molecule has 1 rings (SSSR count). The van der Waals surface area contributed by atoms with E-state index in [1.54, 1.807) is 7.11 Å². The van der Waals surface area contributed by atoms with Crippen LogP contribution in [0.3, 0.4) is 0 Å². The van der Waals surface area contributed by atoms with Crippen molar-refractivity contribution < 1.29 is 4.74 Å². The summed E-state index contributed by atoms with van der Waals surface area (Å²) in [4.78, 5) is 2.81. The van der Waals surface area contributed by atoms with Crippen LogP contribution in [-0.2, 0) is 4.74 Å². The number of benzene rings is 1. The molecule has 0 fully saturated rings. The summed E-state index contributed by atoms with van der Waals surface area (Å²) in [6, 6.07) is 6.54. The van der Waals surface area contributed by atoms with Crippen molar-refractivity contribution in [1.82, 2.24) is 0 Å². The van der Waals surface area contributed by atoms with Crippen molar-refractivity contribution in [3.63, 3.8) is 0 Å². The van der Waals surface area contributed by atoms with Crippen LogP contribution >= 0.6 is 28.1 Å². The summed E-state index contributed by atoms with van der Waals surface area (Å²) >= 11 is 8.66. The summed E-state index contributed by atoms with van der Waals surface area (Å²) < 4.78 is 6.26. The lowest BCUT2D eigenvalue weighted by molar-refractivity contribution is 0.202. The molecule has 0 aromatic heterocycles. The second-order valence-corrected chi connectivity index (χ2v) is 5.98. The Morgan fingerprint density at radius 3 is 2.50 bits per heavy atom. The number of halogens is 1. The maximum atomic E-state index is 5.68. The number of anilines is 1. The van der Waals surface area contributed by atoms with E-state index in [1.165, 1.54) is 0 Å². The standard InChI is InChI=1S/C15H23BrN2OS/c1-4-12(5-2)18(8-9-19-3)14-7-6-11(15(17)20)10-13(14)16/h6-7,10,12H,4-5,8-9H2,1-3H3,(H2,17,20). The Morgan fingerprint density at radius 1 is 1.40 bits per heavy atom. The van der Waals surface area contributed by atoms with Gasteiger partial charge in [0.05, 0.1) is 12.3 Å². The number of hydrogen-bond acceptors (Lipinski definition) is 3. The lowest BCUT2D eigenvalue weighted by Crippen LogP contribution is -2.37. The molecule has 0 aliphatic rings. The highest BCUT2D eigenvalue weighted by molar-refractivity contribution is 9.10. The molecule has 112 valence electrons. The van der Waals surface area contributed by atoms with Crippen molar-refractivity contribution in [2.75, 3.05) is 25.2 Å². The van der Waals surface area contributed by atoms with Gasteiger partial charge in [0.15, 0.2) is 0 Å². The van der Waals surface area contributed by atoms with Gasteiger partial charge in [-0.15, -0.1) is 0 Å². The van der Waals surface area contributed by atoms with Crippen molar-refractivity contribution in [1.29, 1.82) is 0 Å². The highest BCUT2D eigenvalue weighted by atomic mass is 79.9. The normalized spacial score (nSPS) is 10.8. The Labute approximate surface area is 135 Å². The van der Waals surface area contributed by atoms with Gasteiger partial charge in [-0.3, -0.25) is 0 Å². The largest absolute Gasteiger partial charge is 0.389 e. The predicted molar refractivity (Wildman–Crippen MR) is 93.6 cm³/mol. The second-order valence-electron chi connectivity index (χ2n) is 4.69. The summed E-state index contributed by atoms with van der Waals surface area (Å²) in [5.41, 5.74) is 7.72. The summed E-state index contributed by atoms with van der Waals surface area (Å²) in [5, 5.41) is 0. The van der Waals surface area contributed by atoms with E-state index in [1.807, 2.05) is 12.1 Å². The monoisotopic (exact) mass is 358 g/mol. The third-order valence-electron chi connectivity index (χ3n) is 3.46. The first-order valence-corrected chi connectivity index (χ1v) is 8.10. The molecule has 0 saturated heterocycles. The van der Waals surface area contributed by atoms with Gasteiger partial charge in [-0.1, -0.05) is 26.1 Å². The average Bonchev–Trinajstić information content (AvgIpc) is 2.43. The van der Waals surface area contributed by atoms with Crippen LogP contribution in [0, 0.1) is 0 Å². The topological polar surface area (TPSA) is 38.5 Å². The van der Waals surface area contributed by atoms with Crippen LogP contribution in [0.1, 0.15) is 32.3 Å². The summed E-state index contributed by atoms with van der Waals surface area (Å²) in [6.07, 6.45) is 2.20. The van der Waals surface area contributed by atoms with Gasteiger partial charge in [-0.25, -0.2) is 0 Å². The molecule has 2 N–H and O–H groups in total. The van der Waals surface area contributed by atoms with Crippen LogP contribution in [0.2, 0.25) is 0 Å². The maximum absolute atomic E-state index is 5.68. The van der Waals surface area contributed by atoms with E-state index < -0.39 is 0 Å². The number of nitrogens with two attached hydrogens (primary N) is 1. The predicted octanol–water partition coefficient (Wildman–Crippen LogP) is 3.72. The molecule has 20 heavy (non-hydrogen) atoms. The quantitative estimate of drug-likeness (QED) is 0.718. The van der Waals surface area contributed by atoms with Crippen molar-refractivity contribution in [3.8, 4) is 0 Å². The fraction of sp³-hybridized carbons (Fsp3) is 0.533. The minimum atomic E-state index is 0.420. The first-order chi connectivity index (χ1) is 9.54. The molecule has 0 radical (unpaired) electrons. The molecule has 0 unspecified atom stereocenters. The zero-order valence-corrected chi connectivity index (χ0v) is 14.8. The molecular weight excluding hydrogens is 336 g/mol. The number of nitrogens with zero attached hydrogens (tertiary/aromatic N) is 1. The van der Waals surface area contributed by atoms with E-state index in [4.69, 9.17) is 22.7 Å². The number of methoxy groups -OCH3 is 1. The Kier molecular flexibility index (Phi) is 7.48. The molecule has 1 aromatic carbocycles. The molecule has 1 aromatic rings. The Bertz CT molecular complexity index is 449. The number of thiocarbonyl (C=S) groups is 1. The Hall–Kier alpha value is -0.650. The average molecular weight is 359 g/mol. The first kappa shape index (κ1) is 17.4. The van der Waals surface area contributed by atoms with Crippen molar-refractivity contribution >= 4 is 38.8 Å². The summed E-state index contributed by atoms with van der Waals surface area (Å²) in [7, 11) is 1.73. The number of hydrogen-bond donors (Lipinski definition) is 1. The van der Waals surface area contributed by atoms with Crippen LogP contribution in [0.5, 0.6) is 0 Å². The minimum absolute atomic E-state index is 0.420. The molecule has 0 bridgehead atoms. The summed E-state index contributed by atoms with van der Waals surface area (Å²) in [5.74, 6) is 0. The zero-order valence-electron chi connectivity index (χ0n) is 12.4. The lowest BCUT2D eigenvalue weighted by atomic mass is 10.1. The van der Waals surface area contributed by atoms with E-state index in [0.717, 1.165) is 35.1 Å². The second kappa shape index (κ2) is 8.60. The molecule has 0 heterocycles. The van der Waals surface area contributed by atoms with E-state index >= 15 is 0 Å². The van der Waals surface area contributed by atoms with Crippen LogP contribution < -0.4 is 10.6 Å². The lowest BCUT2D eigenvalue weighted by Gasteiger charge is -2.33. The maximum Gasteiger partial charge on any atom is 0.104 e. The highest BCUT2D eigenvalue weighted by Crippen LogP contribution is 2.30. The van der Waals surface area contributed by atoms with Gasteiger partial charge in [0, 0.05) is 29.7 Å². The number of rotatable bonds is 8. The Balaban J connectivity index is 3.09. The van der Waals surface area contributed by atoms with Crippen LogP contribution in [0.4, 0.5) is 5.69 Å². The van der Waals surface area contributed by atoms with Crippen LogP contribution in [-0.4, -0.2) is 31.3 Å². The van der Waals surface area contributed by atoms with Gasteiger partial charge < -0.3 is 15.4 Å². The van der Waals surface area contributed by atoms with Gasteiger partial charge in [-0.2, -0.15) is 0 Å². The molecule has 0 amide bonds. The van der Waals surface area contributed by atoms with Crippen LogP contribution in [0.25, 0.3) is 0 Å². The number of ether oxygens (including phenoxy) is 1. The zero-order chi connectivity index (χ0) is 15.1. The molecule has 5 heteroatoms. The fourth-order valence-corrected chi connectivity index (χ4v) is 3.05. The Morgan fingerprint density at radius 2 is 2.05 bits per heavy atom. The van der Waals surface area contributed by atoms with Crippen LogP contribution in [0.15, 0.2) is 22.7 Å². The fourth-order valence-electron chi connectivity index (χ4n) is 2.31. The van der Waals surface area contributed by atoms with E-state index in [-0.39, 0.29) is 0 Å². The highest BCUT2D eigenvalue weighted by Gasteiger charge is 2.18. The molecule has 0 aliphatic heterocycles. The SMILES string of the molecule is CCC(CC)N(CCOC)c1ccc(C(N)=S)cc1Br. The van der Waals surface area contributed by atoms with Gasteiger partial charge in [0.2, 0.25) is 0 Å². The first-order valence-electron chi connectivity index (χ1n) is 6.90. The van der Waals surface area contributed by atoms with Gasteiger partial charge in [-0.05, 0) is 47.0 Å². The van der Waals surface area contributed by atoms with E-state index in [2.05, 4.69) is 40.7 Å². The van der Waals surface area contributed by atoms with Gasteiger partial charge >= 0.3 is 0 Å². The molecule has 3 nitrogen and oxygen atoms in total. The third kappa shape index (κ3) is 4.43. The molecule has 0 saturated carbocycles. The molecule has 0 atom stereocenters. The summed E-state index contributed by atoms with van der Waals surface area (Å²) in [6.45, 7) is 6.00. The van der Waals surface area contributed by atoms with Crippen molar-refractivity contribution in [2.45, 2.75) is 32.7 Å². The smallest absolute Gasteiger partial charge is 0.104 e. The van der Waals surface area contributed by atoms with Gasteiger partial charge in [0.25, 0.3) is 0 Å². The van der Waals surface area contributed by atoms with E-state index in [0.29, 0.717) is 17.6 Å². The van der Waals surface area contributed by atoms with Gasteiger partial charge in [0.1, 0.15) is 4.99 Å². The molecular formula is C15H23BrN2OS. The van der Waals surface area contributed by atoms with Crippen molar-refractivity contribution in [3.05, 3.63) is 28.2 Å². The molecule has 0 spiro atoms. The minimum Gasteiger partial charge on any atom is -0.389 e. The third-order valence-corrected chi connectivity index (χ3v) is 4.33. The molecule has 0 aliphatic carbocycles. The van der Waals surface area contributed by atoms with Crippen molar-refractivity contribution in [2.24, 2.45) is 5.73 Å². The van der Waals surface area contributed by atoms with E-state index in [9.17, 15) is 0 Å².